The summed E-state index contributed by atoms with van der Waals surface area (Å²) in [6.45, 7) is 0.00449. The van der Waals surface area contributed by atoms with E-state index in [4.69, 9.17) is 9.84 Å². The first-order valence-corrected chi connectivity index (χ1v) is 5.08. The van der Waals surface area contributed by atoms with Gasteiger partial charge in [-0.15, -0.1) is 13.2 Å². The summed E-state index contributed by atoms with van der Waals surface area (Å²) >= 11 is 0. The number of hydrogen-bond acceptors (Lipinski definition) is 3. The molecule has 1 rings (SSSR count). The molecule has 0 fully saturated rings. The first kappa shape index (κ1) is 14.1. The molecule has 0 bridgehead atoms. The lowest BCUT2D eigenvalue weighted by Gasteiger charge is -2.13. The number of hydrogen-bond donors (Lipinski definition) is 1. The van der Waals surface area contributed by atoms with Crippen molar-refractivity contribution in [3.05, 3.63) is 24.3 Å². The minimum absolute atomic E-state index is 0.00449. The van der Waals surface area contributed by atoms with E-state index in [1.807, 2.05) is 0 Å². The topological polar surface area (TPSA) is 55.8 Å². The molecule has 0 aliphatic heterocycles. The summed E-state index contributed by atoms with van der Waals surface area (Å²) in [7, 11) is 0. The number of alkyl halides is 3. The second-order valence-corrected chi connectivity index (χ2v) is 3.34. The minimum atomic E-state index is -4.79. The van der Waals surface area contributed by atoms with Crippen LogP contribution in [0.3, 0.4) is 0 Å². The number of benzene rings is 1. The molecule has 0 spiro atoms. The van der Waals surface area contributed by atoms with E-state index in [2.05, 4.69) is 4.74 Å². The molecule has 0 saturated heterocycles. The molecule has 0 heterocycles. The van der Waals surface area contributed by atoms with Crippen LogP contribution in [0.15, 0.2) is 24.3 Å². The molecule has 0 saturated carbocycles. The number of halogens is 3. The molecule has 0 aliphatic carbocycles. The Kier molecular flexibility index (Phi) is 4.82. The Balaban J connectivity index is 2.56. The predicted octanol–water partition coefficient (Wildman–Crippen LogP) is 2.83. The predicted molar refractivity (Wildman–Crippen MR) is 55.5 cm³/mol. The van der Waals surface area contributed by atoms with Crippen LogP contribution in [0, 0.1) is 0 Å². The molecule has 0 aromatic heterocycles. The van der Waals surface area contributed by atoms with Gasteiger partial charge in [0.1, 0.15) is 0 Å². The molecule has 100 valence electrons. The first-order valence-electron chi connectivity index (χ1n) is 5.08. The van der Waals surface area contributed by atoms with Crippen molar-refractivity contribution in [1.82, 2.24) is 0 Å². The van der Waals surface area contributed by atoms with Crippen molar-refractivity contribution < 1.29 is 32.5 Å². The molecular formula is C11H11F3O4. The van der Waals surface area contributed by atoms with E-state index >= 15 is 0 Å². The standard InChI is InChI=1S/C11H11F3O4/c12-11(13,14)18-9-5-2-1-4-8(9)17-7-3-6-10(15)16/h1-2,4-5H,3,6-7H2,(H,15,16). The van der Waals surface area contributed by atoms with Crippen LogP contribution in [0.5, 0.6) is 11.5 Å². The van der Waals surface area contributed by atoms with Gasteiger partial charge in [0.05, 0.1) is 6.61 Å². The van der Waals surface area contributed by atoms with E-state index in [1.165, 1.54) is 18.2 Å². The van der Waals surface area contributed by atoms with Crippen molar-refractivity contribution in [2.24, 2.45) is 0 Å². The highest BCUT2D eigenvalue weighted by Gasteiger charge is 2.32. The largest absolute Gasteiger partial charge is 0.573 e. The minimum Gasteiger partial charge on any atom is -0.490 e. The van der Waals surface area contributed by atoms with Crippen molar-refractivity contribution in [2.45, 2.75) is 19.2 Å². The number of para-hydroxylation sites is 2. The molecule has 7 heteroatoms. The van der Waals surface area contributed by atoms with Crippen molar-refractivity contribution in [3.8, 4) is 11.5 Å². The maximum atomic E-state index is 12.1. The lowest BCUT2D eigenvalue weighted by molar-refractivity contribution is -0.275. The third-order valence-corrected chi connectivity index (χ3v) is 1.87. The van der Waals surface area contributed by atoms with Gasteiger partial charge < -0.3 is 14.6 Å². The maximum Gasteiger partial charge on any atom is 0.573 e. The molecular weight excluding hydrogens is 253 g/mol. The van der Waals surface area contributed by atoms with Crippen molar-refractivity contribution in [3.63, 3.8) is 0 Å². The normalized spacial score (nSPS) is 11.1. The fraction of sp³-hybridized carbons (Fsp3) is 0.364. The zero-order valence-corrected chi connectivity index (χ0v) is 9.24. The van der Waals surface area contributed by atoms with Gasteiger partial charge in [-0.25, -0.2) is 0 Å². The number of aliphatic carboxylic acids is 1. The summed E-state index contributed by atoms with van der Waals surface area (Å²) in [6.07, 6.45) is -4.70. The molecule has 0 radical (unpaired) electrons. The monoisotopic (exact) mass is 264 g/mol. The number of carbonyl (C=O) groups is 1. The van der Waals surface area contributed by atoms with Crippen LogP contribution in [0.25, 0.3) is 0 Å². The van der Waals surface area contributed by atoms with Gasteiger partial charge in [-0.1, -0.05) is 12.1 Å². The van der Waals surface area contributed by atoms with Gasteiger partial charge in [0, 0.05) is 6.42 Å². The van der Waals surface area contributed by atoms with Gasteiger partial charge in [0.2, 0.25) is 0 Å². The molecule has 18 heavy (non-hydrogen) atoms. The molecule has 1 N–H and O–H groups in total. The quantitative estimate of drug-likeness (QED) is 0.803. The third-order valence-electron chi connectivity index (χ3n) is 1.87. The molecule has 4 nitrogen and oxygen atoms in total. The Hall–Kier alpha value is -1.92. The van der Waals surface area contributed by atoms with Crippen LogP contribution >= 0.6 is 0 Å². The average molecular weight is 264 g/mol. The number of rotatable bonds is 6. The van der Waals surface area contributed by atoms with Crippen LogP contribution in [0.2, 0.25) is 0 Å². The van der Waals surface area contributed by atoms with E-state index in [0.717, 1.165) is 6.07 Å². The average Bonchev–Trinajstić information content (AvgIpc) is 2.24. The Morgan fingerprint density at radius 3 is 2.39 bits per heavy atom. The van der Waals surface area contributed by atoms with Crippen molar-refractivity contribution in [1.29, 1.82) is 0 Å². The Morgan fingerprint density at radius 2 is 1.83 bits per heavy atom. The summed E-state index contributed by atoms with van der Waals surface area (Å²) in [5, 5.41) is 8.39. The Bertz CT molecular complexity index is 404. The van der Waals surface area contributed by atoms with Crippen LogP contribution in [-0.2, 0) is 4.79 Å². The fourth-order valence-electron chi connectivity index (χ4n) is 1.18. The van der Waals surface area contributed by atoms with Gasteiger partial charge >= 0.3 is 12.3 Å². The summed E-state index contributed by atoms with van der Waals surface area (Å²) in [4.78, 5) is 10.2. The van der Waals surface area contributed by atoms with Gasteiger partial charge in [-0.3, -0.25) is 4.79 Å². The van der Waals surface area contributed by atoms with Gasteiger partial charge in [-0.05, 0) is 18.6 Å². The van der Waals surface area contributed by atoms with E-state index in [9.17, 15) is 18.0 Å². The number of carboxylic acids is 1. The van der Waals surface area contributed by atoms with Gasteiger partial charge in [0.25, 0.3) is 0 Å². The maximum absolute atomic E-state index is 12.1. The molecule has 0 atom stereocenters. The molecule has 0 amide bonds. The Morgan fingerprint density at radius 1 is 1.22 bits per heavy atom. The zero-order chi connectivity index (χ0) is 13.6. The summed E-state index contributed by atoms with van der Waals surface area (Å²) in [6, 6.07) is 5.32. The Labute approximate surface area is 101 Å². The van der Waals surface area contributed by atoms with E-state index in [1.54, 1.807) is 0 Å². The molecule has 1 aromatic rings. The fourth-order valence-corrected chi connectivity index (χ4v) is 1.18. The van der Waals surface area contributed by atoms with E-state index < -0.39 is 18.1 Å². The van der Waals surface area contributed by atoms with Crippen LogP contribution in [0.1, 0.15) is 12.8 Å². The van der Waals surface area contributed by atoms with E-state index in [-0.39, 0.29) is 25.2 Å². The summed E-state index contributed by atoms with van der Waals surface area (Å²) < 4.78 is 45.0. The van der Waals surface area contributed by atoms with E-state index in [0.29, 0.717) is 0 Å². The second kappa shape index (κ2) is 6.13. The number of ether oxygens (including phenoxy) is 2. The lowest BCUT2D eigenvalue weighted by atomic mass is 10.3. The van der Waals surface area contributed by atoms with Crippen molar-refractivity contribution in [2.75, 3.05) is 6.61 Å². The highest BCUT2D eigenvalue weighted by Crippen LogP contribution is 2.31. The summed E-state index contributed by atoms with van der Waals surface area (Å²) in [5.74, 6) is -1.50. The molecule has 0 unspecified atom stereocenters. The highest BCUT2D eigenvalue weighted by atomic mass is 19.4. The zero-order valence-electron chi connectivity index (χ0n) is 9.24. The van der Waals surface area contributed by atoms with Gasteiger partial charge in [-0.2, -0.15) is 0 Å². The van der Waals surface area contributed by atoms with Crippen LogP contribution in [0.4, 0.5) is 13.2 Å². The van der Waals surface area contributed by atoms with Crippen molar-refractivity contribution >= 4 is 5.97 Å². The smallest absolute Gasteiger partial charge is 0.490 e. The van der Waals surface area contributed by atoms with Crippen LogP contribution in [-0.4, -0.2) is 24.0 Å². The first-order chi connectivity index (χ1) is 8.38. The second-order valence-electron chi connectivity index (χ2n) is 3.34. The van der Waals surface area contributed by atoms with Gasteiger partial charge in [0.15, 0.2) is 11.5 Å². The third kappa shape index (κ3) is 5.42. The SMILES string of the molecule is O=C(O)CCCOc1ccccc1OC(F)(F)F. The summed E-state index contributed by atoms with van der Waals surface area (Å²) in [5.41, 5.74) is 0. The molecule has 0 aliphatic rings. The lowest BCUT2D eigenvalue weighted by Crippen LogP contribution is -2.17. The number of carboxylic acid groups (broad SMARTS) is 1. The molecule has 1 aromatic carbocycles. The highest BCUT2D eigenvalue weighted by molar-refractivity contribution is 5.66. The van der Waals surface area contributed by atoms with Crippen LogP contribution < -0.4 is 9.47 Å².